The van der Waals surface area contributed by atoms with Gasteiger partial charge in [0, 0.05) is 6.54 Å². The van der Waals surface area contributed by atoms with Gasteiger partial charge in [-0.15, -0.1) is 6.58 Å². The number of aliphatic hydroxyl groups is 1. The molecule has 0 spiro atoms. The zero-order valence-electron chi connectivity index (χ0n) is 11.8. The van der Waals surface area contributed by atoms with Crippen LogP contribution in [0.4, 0.5) is 8.78 Å². The average molecular weight is 299 g/mol. The number of rotatable bonds is 8. The van der Waals surface area contributed by atoms with Crippen molar-refractivity contribution in [2.45, 2.75) is 25.6 Å². The molecule has 116 valence electrons. The Morgan fingerprint density at radius 3 is 2.67 bits per heavy atom. The van der Waals surface area contributed by atoms with E-state index < -0.39 is 35.3 Å². The molecule has 0 heterocycles. The first-order valence-electron chi connectivity index (χ1n) is 6.59. The summed E-state index contributed by atoms with van der Waals surface area (Å²) in [5, 5.41) is 12.2. The van der Waals surface area contributed by atoms with Gasteiger partial charge in [0.15, 0.2) is 0 Å². The SMILES string of the molecule is C=CCCOC(C)C(=O)NCC(O)c1c(F)cccc1F. The van der Waals surface area contributed by atoms with Crippen molar-refractivity contribution < 1.29 is 23.4 Å². The van der Waals surface area contributed by atoms with Crippen molar-refractivity contribution in [2.24, 2.45) is 0 Å². The van der Waals surface area contributed by atoms with Crippen LogP contribution in [0.2, 0.25) is 0 Å². The zero-order valence-corrected chi connectivity index (χ0v) is 11.8. The van der Waals surface area contributed by atoms with Crippen LogP contribution in [-0.2, 0) is 9.53 Å². The number of aliphatic hydroxyl groups excluding tert-OH is 1. The number of nitrogens with one attached hydrogen (secondary N) is 1. The van der Waals surface area contributed by atoms with Crippen molar-refractivity contribution in [2.75, 3.05) is 13.2 Å². The molecule has 2 unspecified atom stereocenters. The largest absolute Gasteiger partial charge is 0.386 e. The molecular formula is C15H19F2NO3. The van der Waals surface area contributed by atoms with Gasteiger partial charge in [0.1, 0.15) is 23.8 Å². The Kier molecular flexibility index (Phi) is 6.98. The van der Waals surface area contributed by atoms with E-state index in [1.165, 1.54) is 6.07 Å². The van der Waals surface area contributed by atoms with Crippen LogP contribution >= 0.6 is 0 Å². The standard InChI is InChI=1S/C15H19F2NO3/c1-3-4-8-21-10(2)15(20)18-9-13(19)14-11(16)6-5-7-12(14)17/h3,5-7,10,13,19H,1,4,8-9H2,2H3,(H,18,20). The number of amides is 1. The molecule has 1 rings (SSSR count). The highest BCUT2D eigenvalue weighted by molar-refractivity contribution is 5.80. The van der Waals surface area contributed by atoms with E-state index in [0.717, 1.165) is 12.1 Å². The van der Waals surface area contributed by atoms with Crippen molar-refractivity contribution in [1.29, 1.82) is 0 Å². The third kappa shape index (κ3) is 5.24. The van der Waals surface area contributed by atoms with E-state index in [-0.39, 0.29) is 6.54 Å². The van der Waals surface area contributed by atoms with Gasteiger partial charge in [0.25, 0.3) is 0 Å². The van der Waals surface area contributed by atoms with Gasteiger partial charge in [0.05, 0.1) is 12.2 Å². The van der Waals surface area contributed by atoms with Crippen LogP contribution in [-0.4, -0.2) is 30.3 Å². The van der Waals surface area contributed by atoms with Crippen LogP contribution in [0, 0.1) is 11.6 Å². The lowest BCUT2D eigenvalue weighted by Gasteiger charge is -2.16. The Balaban J connectivity index is 2.50. The molecule has 2 atom stereocenters. The fourth-order valence-corrected chi connectivity index (χ4v) is 1.68. The third-order valence-corrected chi connectivity index (χ3v) is 2.86. The van der Waals surface area contributed by atoms with Gasteiger partial charge in [-0.1, -0.05) is 12.1 Å². The van der Waals surface area contributed by atoms with Gasteiger partial charge < -0.3 is 15.2 Å². The summed E-state index contributed by atoms with van der Waals surface area (Å²) in [6.07, 6.45) is 0.0916. The molecule has 2 N–H and O–H groups in total. The van der Waals surface area contributed by atoms with E-state index in [1.807, 2.05) is 0 Å². The Morgan fingerprint density at radius 2 is 2.10 bits per heavy atom. The first-order valence-corrected chi connectivity index (χ1v) is 6.59. The van der Waals surface area contributed by atoms with Gasteiger partial charge >= 0.3 is 0 Å². The summed E-state index contributed by atoms with van der Waals surface area (Å²) in [5.74, 6) is -2.17. The van der Waals surface area contributed by atoms with Crippen molar-refractivity contribution in [3.63, 3.8) is 0 Å². The summed E-state index contributed by atoms with van der Waals surface area (Å²) in [6.45, 7) is 5.13. The van der Waals surface area contributed by atoms with Crippen LogP contribution in [0.3, 0.4) is 0 Å². The minimum atomic E-state index is -1.46. The van der Waals surface area contributed by atoms with Crippen LogP contribution in [0.5, 0.6) is 0 Å². The minimum absolute atomic E-state index is 0.300. The second-order valence-corrected chi connectivity index (χ2v) is 4.49. The van der Waals surface area contributed by atoms with Crippen LogP contribution in [0.25, 0.3) is 0 Å². The summed E-state index contributed by atoms with van der Waals surface area (Å²) in [4.78, 5) is 11.7. The molecule has 0 saturated carbocycles. The first-order chi connectivity index (χ1) is 9.97. The minimum Gasteiger partial charge on any atom is -0.386 e. The molecule has 1 aromatic carbocycles. The summed E-state index contributed by atoms with van der Waals surface area (Å²) < 4.78 is 32.1. The fraction of sp³-hybridized carbons (Fsp3) is 0.400. The molecule has 6 heteroatoms. The van der Waals surface area contributed by atoms with Crippen molar-refractivity contribution in [3.05, 3.63) is 48.1 Å². The molecule has 0 fully saturated rings. The summed E-state index contributed by atoms with van der Waals surface area (Å²) in [5.41, 5.74) is -0.460. The molecule has 0 bridgehead atoms. The molecule has 4 nitrogen and oxygen atoms in total. The van der Waals surface area contributed by atoms with Gasteiger partial charge in [0.2, 0.25) is 5.91 Å². The number of ether oxygens (including phenoxy) is 1. The molecule has 0 aliphatic rings. The molecule has 1 aromatic rings. The lowest BCUT2D eigenvalue weighted by molar-refractivity contribution is -0.132. The molecule has 0 radical (unpaired) electrons. The van der Waals surface area contributed by atoms with E-state index in [1.54, 1.807) is 13.0 Å². The number of benzene rings is 1. The van der Waals surface area contributed by atoms with Crippen LogP contribution in [0.1, 0.15) is 25.0 Å². The molecule has 0 aliphatic heterocycles. The molecule has 21 heavy (non-hydrogen) atoms. The van der Waals surface area contributed by atoms with Crippen LogP contribution in [0.15, 0.2) is 30.9 Å². The van der Waals surface area contributed by atoms with Crippen molar-refractivity contribution in [3.8, 4) is 0 Å². The van der Waals surface area contributed by atoms with Crippen molar-refractivity contribution >= 4 is 5.91 Å². The highest BCUT2D eigenvalue weighted by Crippen LogP contribution is 2.19. The maximum Gasteiger partial charge on any atom is 0.248 e. The quantitative estimate of drug-likeness (QED) is 0.571. The average Bonchev–Trinajstić information content (AvgIpc) is 2.44. The molecular weight excluding hydrogens is 280 g/mol. The van der Waals surface area contributed by atoms with Gasteiger partial charge in [-0.25, -0.2) is 8.78 Å². The highest BCUT2D eigenvalue weighted by atomic mass is 19.1. The number of hydrogen-bond donors (Lipinski definition) is 2. The topological polar surface area (TPSA) is 58.6 Å². The molecule has 0 aliphatic carbocycles. The van der Waals surface area contributed by atoms with E-state index in [9.17, 15) is 18.7 Å². The number of halogens is 2. The summed E-state index contributed by atoms with van der Waals surface area (Å²) in [6, 6.07) is 3.30. The predicted octanol–water partition coefficient (Wildman–Crippen LogP) is 2.10. The molecule has 0 aromatic heterocycles. The maximum atomic E-state index is 13.4. The Labute approximate surface area is 122 Å². The van der Waals surface area contributed by atoms with E-state index in [0.29, 0.717) is 13.0 Å². The fourth-order valence-electron chi connectivity index (χ4n) is 1.68. The maximum absolute atomic E-state index is 13.4. The van der Waals surface area contributed by atoms with E-state index >= 15 is 0 Å². The van der Waals surface area contributed by atoms with Gasteiger partial charge in [-0.05, 0) is 25.5 Å². The summed E-state index contributed by atoms with van der Waals surface area (Å²) in [7, 11) is 0. The Bertz CT molecular complexity index is 474. The normalized spacial score (nSPS) is 13.5. The third-order valence-electron chi connectivity index (χ3n) is 2.86. The van der Waals surface area contributed by atoms with E-state index in [2.05, 4.69) is 11.9 Å². The molecule has 1 amide bonds. The van der Waals surface area contributed by atoms with E-state index in [4.69, 9.17) is 4.74 Å². The lowest BCUT2D eigenvalue weighted by atomic mass is 10.1. The van der Waals surface area contributed by atoms with Crippen molar-refractivity contribution in [1.82, 2.24) is 5.32 Å². The second kappa shape index (κ2) is 8.49. The van der Waals surface area contributed by atoms with Gasteiger partial charge in [-0.2, -0.15) is 0 Å². The smallest absolute Gasteiger partial charge is 0.248 e. The number of carbonyl (C=O) groups excluding carboxylic acids is 1. The summed E-state index contributed by atoms with van der Waals surface area (Å²) >= 11 is 0. The predicted molar refractivity (Wildman–Crippen MR) is 74.6 cm³/mol. The first kappa shape index (κ1) is 17.3. The monoisotopic (exact) mass is 299 g/mol. The van der Waals surface area contributed by atoms with Crippen LogP contribution < -0.4 is 5.32 Å². The lowest BCUT2D eigenvalue weighted by Crippen LogP contribution is -2.37. The highest BCUT2D eigenvalue weighted by Gasteiger charge is 2.20. The number of hydrogen-bond acceptors (Lipinski definition) is 3. The second-order valence-electron chi connectivity index (χ2n) is 4.49. The Hall–Kier alpha value is -1.79. The van der Waals surface area contributed by atoms with Gasteiger partial charge in [-0.3, -0.25) is 4.79 Å². The number of carbonyl (C=O) groups is 1. The molecule has 0 saturated heterocycles. The zero-order chi connectivity index (χ0) is 15.8. The Morgan fingerprint density at radius 1 is 1.48 bits per heavy atom.